The van der Waals surface area contributed by atoms with Crippen LogP contribution in [0.2, 0.25) is 0 Å². The van der Waals surface area contributed by atoms with Crippen LogP contribution < -0.4 is 0 Å². The predicted octanol–water partition coefficient (Wildman–Crippen LogP) is 2.32. The van der Waals surface area contributed by atoms with E-state index in [9.17, 15) is 5.11 Å². The van der Waals surface area contributed by atoms with Crippen LogP contribution in [0.1, 0.15) is 30.5 Å². The van der Waals surface area contributed by atoms with E-state index >= 15 is 0 Å². The van der Waals surface area contributed by atoms with E-state index in [-0.39, 0.29) is 11.6 Å². The molecule has 1 saturated heterocycles. The Morgan fingerprint density at radius 1 is 1.20 bits per heavy atom. The maximum Gasteiger partial charge on any atom is 0.0758 e. The Morgan fingerprint density at radius 3 is 2.30 bits per heavy atom. The monoisotopic (exact) mass is 277 g/mol. The molecule has 3 heteroatoms. The number of benzene rings is 1. The molecule has 0 spiro atoms. The molecule has 0 aliphatic carbocycles. The zero-order chi connectivity index (χ0) is 14.8. The molecule has 1 aliphatic heterocycles. The highest BCUT2D eigenvalue weighted by Gasteiger charge is 2.35. The molecular formula is C17H27NO2. The van der Waals surface area contributed by atoms with Crippen molar-refractivity contribution in [2.75, 3.05) is 26.3 Å². The Kier molecular flexibility index (Phi) is 4.84. The highest BCUT2D eigenvalue weighted by Crippen LogP contribution is 2.25. The maximum atomic E-state index is 10.7. The van der Waals surface area contributed by atoms with Crippen LogP contribution in [0.3, 0.4) is 0 Å². The normalized spacial score (nSPS) is 19.1. The fraction of sp³-hybridized carbons (Fsp3) is 0.647. The molecule has 3 nitrogen and oxygen atoms in total. The van der Waals surface area contributed by atoms with Crippen molar-refractivity contribution in [1.82, 2.24) is 4.90 Å². The number of ether oxygens (including phenoxy) is 1. The number of aryl methyl sites for hydroxylation is 2. The Balaban J connectivity index is 2.12. The van der Waals surface area contributed by atoms with Crippen LogP contribution in [0, 0.1) is 13.8 Å². The minimum Gasteiger partial charge on any atom is -0.391 e. The number of hydrogen-bond donors (Lipinski definition) is 1. The van der Waals surface area contributed by atoms with Crippen LogP contribution in [-0.4, -0.2) is 48.0 Å². The summed E-state index contributed by atoms with van der Waals surface area (Å²) in [6.45, 7) is 11.8. The minimum atomic E-state index is -0.375. The van der Waals surface area contributed by atoms with Crippen LogP contribution in [0.25, 0.3) is 0 Å². The lowest BCUT2D eigenvalue weighted by molar-refractivity contribution is -0.0612. The molecule has 0 saturated carbocycles. The molecule has 112 valence electrons. The first kappa shape index (κ1) is 15.5. The molecule has 1 unspecified atom stereocenters. The van der Waals surface area contributed by atoms with Gasteiger partial charge in [0.15, 0.2) is 0 Å². The van der Waals surface area contributed by atoms with Gasteiger partial charge in [-0.15, -0.1) is 0 Å². The summed E-state index contributed by atoms with van der Waals surface area (Å²) >= 11 is 0. The summed E-state index contributed by atoms with van der Waals surface area (Å²) < 4.78 is 5.41. The number of nitrogens with zero attached hydrogens (tertiary/aromatic N) is 1. The second kappa shape index (κ2) is 6.25. The van der Waals surface area contributed by atoms with Gasteiger partial charge in [-0.1, -0.05) is 18.2 Å². The van der Waals surface area contributed by atoms with E-state index in [1.54, 1.807) is 0 Å². The Bertz CT molecular complexity index is 430. The van der Waals surface area contributed by atoms with Gasteiger partial charge in [0.2, 0.25) is 0 Å². The van der Waals surface area contributed by atoms with Crippen LogP contribution >= 0.6 is 0 Å². The highest BCUT2D eigenvalue weighted by atomic mass is 16.5. The minimum absolute atomic E-state index is 0.224. The van der Waals surface area contributed by atoms with Crippen LogP contribution in [0.5, 0.6) is 0 Å². The quantitative estimate of drug-likeness (QED) is 0.917. The first-order chi connectivity index (χ1) is 9.43. The zero-order valence-electron chi connectivity index (χ0n) is 13.1. The lowest BCUT2D eigenvalue weighted by atomic mass is 9.87. The number of morpholine rings is 1. The molecule has 1 aromatic rings. The number of aliphatic hydroxyl groups is 1. The average Bonchev–Trinajstić information content (AvgIpc) is 2.43. The van der Waals surface area contributed by atoms with Crippen LogP contribution in [0.4, 0.5) is 0 Å². The molecule has 0 aromatic heterocycles. The molecule has 1 atom stereocenters. The smallest absolute Gasteiger partial charge is 0.0758 e. The summed E-state index contributed by atoms with van der Waals surface area (Å²) in [5.41, 5.74) is 3.59. The molecule has 1 aromatic carbocycles. The summed E-state index contributed by atoms with van der Waals surface area (Å²) in [6, 6.07) is 6.32. The Hall–Kier alpha value is -0.900. The van der Waals surface area contributed by atoms with E-state index in [1.807, 2.05) is 0 Å². The average molecular weight is 277 g/mol. The summed E-state index contributed by atoms with van der Waals surface area (Å²) in [6.07, 6.45) is 0.337. The van der Waals surface area contributed by atoms with Crippen LogP contribution in [-0.2, 0) is 11.2 Å². The molecule has 0 bridgehead atoms. The van der Waals surface area contributed by atoms with Crippen LogP contribution in [0.15, 0.2) is 18.2 Å². The predicted molar refractivity (Wildman–Crippen MR) is 82.1 cm³/mol. The third kappa shape index (κ3) is 3.22. The third-order valence-corrected chi connectivity index (χ3v) is 4.68. The van der Waals surface area contributed by atoms with Gasteiger partial charge < -0.3 is 9.84 Å². The molecule has 20 heavy (non-hydrogen) atoms. The molecule has 1 heterocycles. The summed E-state index contributed by atoms with van der Waals surface area (Å²) in [5.74, 6) is 0. The van der Waals surface area contributed by atoms with Crippen molar-refractivity contribution in [2.24, 2.45) is 0 Å². The molecule has 0 amide bonds. The van der Waals surface area contributed by atoms with Gasteiger partial charge in [0.05, 0.1) is 19.3 Å². The lowest BCUT2D eigenvalue weighted by Gasteiger charge is -2.44. The van der Waals surface area contributed by atoms with Crippen molar-refractivity contribution in [3.63, 3.8) is 0 Å². The van der Waals surface area contributed by atoms with Gasteiger partial charge in [0.25, 0.3) is 0 Å². The van der Waals surface area contributed by atoms with E-state index in [1.165, 1.54) is 16.7 Å². The molecule has 1 fully saturated rings. The van der Waals surface area contributed by atoms with Crippen molar-refractivity contribution in [2.45, 2.75) is 45.8 Å². The number of aliphatic hydroxyl groups excluding tert-OH is 1. The van der Waals surface area contributed by atoms with Gasteiger partial charge in [-0.05, 0) is 44.4 Å². The molecule has 2 rings (SSSR count). The topological polar surface area (TPSA) is 32.7 Å². The standard InChI is InChI=1S/C17H27NO2/c1-13-6-5-7-14(2)15(13)12-16(19)17(3,4)18-8-10-20-11-9-18/h5-7,16,19H,8-12H2,1-4H3. The van der Waals surface area contributed by atoms with Crippen molar-refractivity contribution < 1.29 is 9.84 Å². The zero-order valence-corrected chi connectivity index (χ0v) is 13.1. The SMILES string of the molecule is Cc1cccc(C)c1CC(O)C(C)(C)N1CCOCC1. The van der Waals surface area contributed by atoms with E-state index in [0.717, 1.165) is 26.3 Å². The fourth-order valence-corrected chi connectivity index (χ4v) is 2.96. The third-order valence-electron chi connectivity index (χ3n) is 4.68. The van der Waals surface area contributed by atoms with E-state index in [2.05, 4.69) is 50.8 Å². The van der Waals surface area contributed by atoms with Crippen molar-refractivity contribution in [3.05, 3.63) is 34.9 Å². The first-order valence-electron chi connectivity index (χ1n) is 7.49. The lowest BCUT2D eigenvalue weighted by Crippen LogP contribution is -2.56. The van der Waals surface area contributed by atoms with Gasteiger partial charge in [0.1, 0.15) is 0 Å². The Labute approximate surface area is 122 Å². The number of rotatable bonds is 4. The molecule has 0 radical (unpaired) electrons. The van der Waals surface area contributed by atoms with Gasteiger partial charge in [0, 0.05) is 25.0 Å². The molecular weight excluding hydrogens is 250 g/mol. The van der Waals surface area contributed by atoms with E-state index < -0.39 is 0 Å². The second-order valence-corrected chi connectivity index (χ2v) is 6.34. The summed E-state index contributed by atoms with van der Waals surface area (Å²) in [4.78, 5) is 2.34. The van der Waals surface area contributed by atoms with Crippen molar-refractivity contribution >= 4 is 0 Å². The summed E-state index contributed by atoms with van der Waals surface area (Å²) in [7, 11) is 0. The second-order valence-electron chi connectivity index (χ2n) is 6.34. The Morgan fingerprint density at radius 2 is 1.75 bits per heavy atom. The first-order valence-corrected chi connectivity index (χ1v) is 7.49. The molecule has 1 aliphatic rings. The van der Waals surface area contributed by atoms with Crippen molar-refractivity contribution in [1.29, 1.82) is 0 Å². The fourth-order valence-electron chi connectivity index (χ4n) is 2.96. The van der Waals surface area contributed by atoms with Crippen molar-refractivity contribution in [3.8, 4) is 0 Å². The van der Waals surface area contributed by atoms with Gasteiger partial charge >= 0.3 is 0 Å². The number of hydrogen-bond acceptors (Lipinski definition) is 3. The molecule has 1 N–H and O–H groups in total. The van der Waals surface area contributed by atoms with Gasteiger partial charge in [-0.3, -0.25) is 4.90 Å². The van der Waals surface area contributed by atoms with E-state index in [4.69, 9.17) is 4.74 Å². The largest absolute Gasteiger partial charge is 0.391 e. The maximum absolute atomic E-state index is 10.7. The summed E-state index contributed by atoms with van der Waals surface area (Å²) in [5, 5.41) is 10.7. The van der Waals surface area contributed by atoms with Gasteiger partial charge in [-0.25, -0.2) is 0 Å². The highest BCUT2D eigenvalue weighted by molar-refractivity contribution is 5.34. The van der Waals surface area contributed by atoms with E-state index in [0.29, 0.717) is 6.42 Å². The van der Waals surface area contributed by atoms with Gasteiger partial charge in [-0.2, -0.15) is 0 Å².